The van der Waals surface area contributed by atoms with E-state index in [2.05, 4.69) is 54.1 Å². The number of thiophene rings is 1. The van der Waals surface area contributed by atoms with Crippen LogP contribution in [-0.2, 0) is 0 Å². The highest BCUT2D eigenvalue weighted by atomic mass is 32.1. The van der Waals surface area contributed by atoms with E-state index in [-0.39, 0.29) is 5.41 Å². The van der Waals surface area contributed by atoms with Crippen molar-refractivity contribution in [3.8, 4) is 10.6 Å². The van der Waals surface area contributed by atoms with Crippen molar-refractivity contribution < 1.29 is 0 Å². The first-order valence-corrected chi connectivity index (χ1v) is 9.59. The summed E-state index contributed by atoms with van der Waals surface area (Å²) >= 11 is 3.35. The van der Waals surface area contributed by atoms with E-state index in [4.69, 9.17) is 5.10 Å². The Hall–Kier alpha value is -1.20. The predicted octanol–water partition coefficient (Wildman–Crippen LogP) is 5.49. The molecule has 0 radical (unpaired) electrons. The maximum atomic E-state index is 4.76. The van der Waals surface area contributed by atoms with Gasteiger partial charge in [0.2, 0.25) is 5.13 Å². The first kappa shape index (κ1) is 14.4. The first-order chi connectivity index (χ1) is 10.5. The maximum Gasteiger partial charge on any atom is 0.203 e. The van der Waals surface area contributed by atoms with E-state index in [1.165, 1.54) is 23.4 Å². The molecular weight excluding hydrogens is 310 g/mol. The summed E-state index contributed by atoms with van der Waals surface area (Å²) in [6.45, 7) is 7.20. The van der Waals surface area contributed by atoms with Gasteiger partial charge in [-0.05, 0) is 42.0 Å². The number of nitrogens with zero attached hydrogens (tertiary/aromatic N) is 2. The lowest BCUT2D eigenvalue weighted by molar-refractivity contribution is 0.194. The lowest BCUT2D eigenvalue weighted by Crippen LogP contribution is -2.32. The summed E-state index contributed by atoms with van der Waals surface area (Å²) in [6, 6.07) is 4.17. The van der Waals surface area contributed by atoms with Gasteiger partial charge in [0.15, 0.2) is 0 Å². The Bertz CT molecular complexity index is 714. The SMILES string of the molecule is CC1(C)[C@H]2CC[C@]1(C)/C(=N/Nc1nc(-c3cccs3)cs1)C2. The lowest BCUT2D eigenvalue weighted by atomic mass is 9.70. The van der Waals surface area contributed by atoms with Crippen molar-refractivity contribution in [1.29, 1.82) is 0 Å². The Kier molecular flexibility index (Phi) is 3.20. The lowest BCUT2D eigenvalue weighted by Gasteiger charge is -2.34. The molecule has 2 fully saturated rings. The zero-order valence-corrected chi connectivity index (χ0v) is 14.9. The average molecular weight is 332 g/mol. The first-order valence-electron chi connectivity index (χ1n) is 7.83. The van der Waals surface area contributed by atoms with Crippen LogP contribution in [0.1, 0.15) is 40.0 Å². The second kappa shape index (κ2) is 4.90. The van der Waals surface area contributed by atoms with Gasteiger partial charge in [0, 0.05) is 16.5 Å². The minimum atomic E-state index is 0.249. The van der Waals surface area contributed by atoms with Crippen molar-refractivity contribution in [3.63, 3.8) is 0 Å². The van der Waals surface area contributed by atoms with E-state index >= 15 is 0 Å². The van der Waals surface area contributed by atoms with Crippen LogP contribution >= 0.6 is 22.7 Å². The second-order valence-electron chi connectivity index (χ2n) is 7.18. The molecule has 2 aromatic heterocycles. The zero-order chi connectivity index (χ0) is 15.4. The highest BCUT2D eigenvalue weighted by Gasteiger charge is 2.59. The highest BCUT2D eigenvalue weighted by molar-refractivity contribution is 7.15. The Morgan fingerprint density at radius 1 is 1.32 bits per heavy atom. The zero-order valence-electron chi connectivity index (χ0n) is 13.2. The van der Waals surface area contributed by atoms with E-state index in [1.54, 1.807) is 22.7 Å². The van der Waals surface area contributed by atoms with Crippen LogP contribution in [0.5, 0.6) is 0 Å². The Labute approximate surface area is 139 Å². The number of anilines is 1. The minimum absolute atomic E-state index is 0.249. The van der Waals surface area contributed by atoms with E-state index in [9.17, 15) is 0 Å². The number of hydrogen-bond acceptors (Lipinski definition) is 5. The van der Waals surface area contributed by atoms with Crippen LogP contribution in [0.2, 0.25) is 0 Å². The summed E-state index contributed by atoms with van der Waals surface area (Å²) in [4.78, 5) is 5.86. The number of aromatic nitrogens is 1. The molecule has 2 aliphatic rings. The molecule has 0 saturated heterocycles. The van der Waals surface area contributed by atoms with Crippen molar-refractivity contribution in [2.45, 2.75) is 40.0 Å². The molecule has 1 N–H and O–H groups in total. The van der Waals surface area contributed by atoms with Gasteiger partial charge in [0.1, 0.15) is 0 Å². The van der Waals surface area contributed by atoms with Gasteiger partial charge in [0.25, 0.3) is 0 Å². The van der Waals surface area contributed by atoms with Crippen LogP contribution in [0, 0.1) is 16.7 Å². The maximum absolute atomic E-state index is 4.76. The van der Waals surface area contributed by atoms with Crippen LogP contribution in [-0.4, -0.2) is 10.7 Å². The monoisotopic (exact) mass is 331 g/mol. The smallest absolute Gasteiger partial charge is 0.203 e. The summed E-state index contributed by atoms with van der Waals surface area (Å²) in [5.41, 5.74) is 6.22. The van der Waals surface area contributed by atoms with Gasteiger partial charge >= 0.3 is 0 Å². The van der Waals surface area contributed by atoms with Gasteiger partial charge in [-0.15, -0.1) is 22.7 Å². The molecule has 2 aromatic rings. The van der Waals surface area contributed by atoms with E-state index in [0.717, 1.165) is 23.2 Å². The third-order valence-electron chi connectivity index (χ3n) is 6.08. The van der Waals surface area contributed by atoms with Gasteiger partial charge in [-0.1, -0.05) is 26.8 Å². The van der Waals surface area contributed by atoms with Gasteiger partial charge in [0.05, 0.1) is 10.6 Å². The van der Waals surface area contributed by atoms with Crippen molar-refractivity contribution >= 4 is 33.5 Å². The second-order valence-corrected chi connectivity index (χ2v) is 8.98. The average Bonchev–Trinajstić information content (AvgIpc) is 3.22. The van der Waals surface area contributed by atoms with Gasteiger partial charge in [-0.2, -0.15) is 5.10 Å². The van der Waals surface area contributed by atoms with Crippen molar-refractivity contribution in [1.82, 2.24) is 4.98 Å². The Morgan fingerprint density at radius 3 is 2.82 bits per heavy atom. The molecule has 0 amide bonds. The van der Waals surface area contributed by atoms with E-state index < -0.39 is 0 Å². The van der Waals surface area contributed by atoms with Gasteiger partial charge in [-0.25, -0.2) is 4.98 Å². The molecule has 0 aliphatic heterocycles. The predicted molar refractivity (Wildman–Crippen MR) is 95.7 cm³/mol. The van der Waals surface area contributed by atoms with Gasteiger partial charge in [-0.3, -0.25) is 5.43 Å². The number of hydrogen-bond donors (Lipinski definition) is 1. The standard InChI is InChI=1S/C17H21N3S2/c1-16(2)11-6-7-17(16,3)14(9-11)19-20-15-18-12(10-22-15)13-5-4-8-21-13/h4-5,8,10-11H,6-7,9H2,1-3H3,(H,18,20)/b19-14+/t11-,17+/m0/s1. The molecular formula is C17H21N3S2. The quantitative estimate of drug-likeness (QED) is 0.756. The largest absolute Gasteiger partial charge is 0.253 e. The number of rotatable bonds is 3. The molecule has 116 valence electrons. The summed E-state index contributed by atoms with van der Waals surface area (Å²) in [6.07, 6.45) is 3.76. The van der Waals surface area contributed by atoms with Crippen LogP contribution in [0.3, 0.4) is 0 Å². The van der Waals surface area contributed by atoms with Crippen LogP contribution in [0.15, 0.2) is 28.0 Å². The fourth-order valence-corrected chi connectivity index (χ4v) is 5.49. The molecule has 2 bridgehead atoms. The van der Waals surface area contributed by atoms with Gasteiger partial charge < -0.3 is 0 Å². The van der Waals surface area contributed by atoms with Crippen molar-refractivity contribution in [2.24, 2.45) is 21.8 Å². The summed E-state index contributed by atoms with van der Waals surface area (Å²) in [7, 11) is 0. The molecule has 3 nitrogen and oxygen atoms in total. The number of hydrazone groups is 1. The molecule has 2 heterocycles. The van der Waals surface area contributed by atoms with Crippen LogP contribution < -0.4 is 5.43 Å². The molecule has 0 unspecified atom stereocenters. The number of fused-ring (bicyclic) bond motifs is 2. The van der Waals surface area contributed by atoms with E-state index in [1.807, 2.05) is 0 Å². The molecule has 5 heteroatoms. The molecule has 22 heavy (non-hydrogen) atoms. The normalized spacial score (nSPS) is 31.0. The summed E-state index contributed by atoms with van der Waals surface area (Å²) < 4.78 is 0. The minimum Gasteiger partial charge on any atom is -0.253 e. The number of nitrogens with one attached hydrogen (secondary N) is 1. The molecule has 0 spiro atoms. The Balaban J connectivity index is 1.54. The van der Waals surface area contributed by atoms with Crippen molar-refractivity contribution in [2.75, 3.05) is 5.43 Å². The number of thiazole rings is 1. The third-order valence-corrected chi connectivity index (χ3v) is 7.72. The van der Waals surface area contributed by atoms with E-state index in [0.29, 0.717) is 5.41 Å². The Morgan fingerprint density at radius 2 is 2.18 bits per heavy atom. The molecule has 0 aromatic carbocycles. The third kappa shape index (κ3) is 1.98. The molecule has 2 atom stereocenters. The fraction of sp³-hybridized carbons (Fsp3) is 0.529. The van der Waals surface area contributed by atoms with Crippen LogP contribution in [0.25, 0.3) is 10.6 Å². The summed E-state index contributed by atoms with van der Waals surface area (Å²) in [5, 5.41) is 9.83. The fourth-order valence-electron chi connectivity index (χ4n) is 4.08. The molecule has 4 rings (SSSR count). The summed E-state index contributed by atoms with van der Waals surface area (Å²) in [5.74, 6) is 0.788. The molecule has 2 aliphatic carbocycles. The molecule has 2 saturated carbocycles. The van der Waals surface area contributed by atoms with Crippen molar-refractivity contribution in [3.05, 3.63) is 22.9 Å². The van der Waals surface area contributed by atoms with Crippen LogP contribution in [0.4, 0.5) is 5.13 Å². The topological polar surface area (TPSA) is 37.3 Å². The highest BCUT2D eigenvalue weighted by Crippen LogP contribution is 2.63.